The number of rotatable bonds is 7. The van der Waals surface area contributed by atoms with E-state index in [1.165, 1.54) is 0 Å². The van der Waals surface area contributed by atoms with E-state index in [0.717, 1.165) is 39.0 Å². The average Bonchev–Trinajstić information content (AvgIpc) is 3.24. The molecule has 0 N–H and O–H groups in total. The maximum Gasteiger partial charge on any atom is 0.222 e. The Balaban J connectivity index is 1.67. The molecule has 2 aliphatic heterocycles. The van der Waals surface area contributed by atoms with Crippen molar-refractivity contribution in [3.05, 3.63) is 0 Å². The first kappa shape index (κ1) is 15.0. The minimum absolute atomic E-state index is 0.160. The van der Waals surface area contributed by atoms with Gasteiger partial charge >= 0.3 is 0 Å². The maximum absolute atomic E-state index is 12.1. The van der Waals surface area contributed by atoms with E-state index in [-0.39, 0.29) is 11.6 Å². The highest BCUT2D eigenvalue weighted by molar-refractivity contribution is 5.76. The van der Waals surface area contributed by atoms with Gasteiger partial charge in [0.1, 0.15) is 0 Å². The molecule has 2 aliphatic rings. The second-order valence-corrected chi connectivity index (χ2v) is 5.74. The average molecular weight is 277 g/mol. The van der Waals surface area contributed by atoms with Gasteiger partial charge in [0.15, 0.2) is 5.66 Å². The standard InChI is InChI=1S/C15H23N3O2/c1-3-4-8-15(16-17-15)9-7-14(19)18(2)11-13-6-5-10-20-12-13/h1,13H,4-12H2,2H3/t13-/m1/s1. The van der Waals surface area contributed by atoms with Crippen LogP contribution in [0, 0.1) is 18.3 Å². The van der Waals surface area contributed by atoms with Crippen molar-refractivity contribution < 1.29 is 9.53 Å². The molecule has 0 radical (unpaired) electrons. The van der Waals surface area contributed by atoms with Gasteiger partial charge in [-0.2, -0.15) is 10.2 Å². The van der Waals surface area contributed by atoms with E-state index in [9.17, 15) is 4.79 Å². The Morgan fingerprint density at radius 2 is 2.30 bits per heavy atom. The summed E-state index contributed by atoms with van der Waals surface area (Å²) in [6.45, 7) is 2.41. The largest absolute Gasteiger partial charge is 0.381 e. The minimum atomic E-state index is -0.350. The first-order chi connectivity index (χ1) is 9.65. The van der Waals surface area contributed by atoms with Gasteiger partial charge in [0, 0.05) is 45.9 Å². The molecule has 0 unspecified atom stereocenters. The van der Waals surface area contributed by atoms with Crippen LogP contribution < -0.4 is 0 Å². The third-order valence-corrected chi connectivity index (χ3v) is 4.00. The molecule has 2 rings (SSSR count). The van der Waals surface area contributed by atoms with Crippen LogP contribution in [0.15, 0.2) is 10.2 Å². The van der Waals surface area contributed by atoms with E-state index < -0.39 is 0 Å². The molecular weight excluding hydrogens is 254 g/mol. The van der Waals surface area contributed by atoms with Crippen LogP contribution in [-0.4, -0.2) is 43.3 Å². The summed E-state index contributed by atoms with van der Waals surface area (Å²) in [5.74, 6) is 3.23. The van der Waals surface area contributed by atoms with Crippen molar-refractivity contribution in [2.45, 2.75) is 44.2 Å². The van der Waals surface area contributed by atoms with Crippen LogP contribution in [0.25, 0.3) is 0 Å². The zero-order valence-electron chi connectivity index (χ0n) is 12.2. The molecule has 0 bridgehead atoms. The molecule has 2 heterocycles. The Morgan fingerprint density at radius 1 is 1.50 bits per heavy atom. The van der Waals surface area contributed by atoms with E-state index in [1.54, 1.807) is 0 Å². The quantitative estimate of drug-likeness (QED) is 0.670. The van der Waals surface area contributed by atoms with Gasteiger partial charge in [-0.1, -0.05) is 0 Å². The van der Waals surface area contributed by atoms with Crippen molar-refractivity contribution in [2.24, 2.45) is 16.1 Å². The predicted octanol–water partition coefficient (Wildman–Crippen LogP) is 2.23. The van der Waals surface area contributed by atoms with E-state index in [2.05, 4.69) is 16.1 Å². The molecule has 0 aromatic carbocycles. The van der Waals surface area contributed by atoms with E-state index in [0.29, 0.717) is 25.2 Å². The summed E-state index contributed by atoms with van der Waals surface area (Å²) < 4.78 is 5.44. The first-order valence-corrected chi connectivity index (χ1v) is 7.34. The normalized spacial score (nSPS) is 23.1. The van der Waals surface area contributed by atoms with Crippen LogP contribution in [0.5, 0.6) is 0 Å². The van der Waals surface area contributed by atoms with Gasteiger partial charge in [0.05, 0.1) is 6.61 Å². The zero-order valence-corrected chi connectivity index (χ0v) is 12.2. The fraction of sp³-hybridized carbons (Fsp3) is 0.800. The van der Waals surface area contributed by atoms with Crippen molar-refractivity contribution >= 4 is 5.91 Å². The molecule has 20 heavy (non-hydrogen) atoms. The number of hydrogen-bond acceptors (Lipinski definition) is 4. The van der Waals surface area contributed by atoms with Crippen molar-refractivity contribution in [3.63, 3.8) is 0 Å². The highest BCUT2D eigenvalue weighted by atomic mass is 16.5. The Kier molecular flexibility index (Phi) is 5.13. The van der Waals surface area contributed by atoms with Crippen molar-refractivity contribution in [3.8, 4) is 12.3 Å². The minimum Gasteiger partial charge on any atom is -0.381 e. The van der Waals surface area contributed by atoms with Crippen LogP contribution in [0.2, 0.25) is 0 Å². The van der Waals surface area contributed by atoms with Crippen molar-refractivity contribution in [1.82, 2.24) is 4.90 Å². The lowest BCUT2D eigenvalue weighted by Gasteiger charge is -2.27. The second kappa shape index (κ2) is 6.85. The van der Waals surface area contributed by atoms with Crippen LogP contribution in [-0.2, 0) is 9.53 Å². The fourth-order valence-electron chi connectivity index (χ4n) is 2.61. The fourth-order valence-corrected chi connectivity index (χ4v) is 2.61. The van der Waals surface area contributed by atoms with Gasteiger partial charge in [0.2, 0.25) is 5.91 Å². The summed E-state index contributed by atoms with van der Waals surface area (Å²) in [5, 5.41) is 8.11. The third kappa shape index (κ3) is 4.31. The smallest absolute Gasteiger partial charge is 0.222 e. The van der Waals surface area contributed by atoms with Gasteiger partial charge in [0.25, 0.3) is 0 Å². The summed E-state index contributed by atoms with van der Waals surface area (Å²) in [6, 6.07) is 0. The number of nitrogens with zero attached hydrogens (tertiary/aromatic N) is 3. The molecule has 0 aromatic rings. The number of hydrogen-bond donors (Lipinski definition) is 0. The number of carbonyl (C=O) groups is 1. The lowest BCUT2D eigenvalue weighted by molar-refractivity contribution is -0.131. The van der Waals surface area contributed by atoms with Crippen molar-refractivity contribution in [1.29, 1.82) is 0 Å². The molecule has 5 heteroatoms. The Labute approximate surface area is 120 Å². The molecule has 0 saturated carbocycles. The van der Waals surface area contributed by atoms with Crippen LogP contribution in [0.4, 0.5) is 0 Å². The van der Waals surface area contributed by atoms with Gasteiger partial charge < -0.3 is 9.64 Å². The van der Waals surface area contributed by atoms with Crippen LogP contribution in [0.1, 0.15) is 38.5 Å². The Hall–Kier alpha value is -1.41. The molecular formula is C15H23N3O2. The Bertz CT molecular complexity index is 402. The lowest BCUT2D eigenvalue weighted by Crippen LogP contribution is -2.35. The topological polar surface area (TPSA) is 54.3 Å². The van der Waals surface area contributed by atoms with Crippen LogP contribution >= 0.6 is 0 Å². The number of amides is 1. The second-order valence-electron chi connectivity index (χ2n) is 5.74. The number of ether oxygens (including phenoxy) is 1. The number of terminal acetylenes is 1. The molecule has 0 spiro atoms. The summed E-state index contributed by atoms with van der Waals surface area (Å²) >= 11 is 0. The first-order valence-electron chi connectivity index (χ1n) is 7.34. The van der Waals surface area contributed by atoms with Gasteiger partial charge in [-0.25, -0.2) is 0 Å². The van der Waals surface area contributed by atoms with E-state index in [4.69, 9.17) is 11.2 Å². The summed E-state index contributed by atoms with van der Waals surface area (Å²) in [4.78, 5) is 13.9. The Morgan fingerprint density at radius 3 is 2.90 bits per heavy atom. The SMILES string of the molecule is C#CCCC1(CCC(=O)N(C)C[C@H]2CCCOC2)N=N1. The molecule has 1 atom stereocenters. The van der Waals surface area contributed by atoms with E-state index >= 15 is 0 Å². The third-order valence-electron chi connectivity index (χ3n) is 4.00. The molecule has 110 valence electrons. The highest BCUT2D eigenvalue weighted by Gasteiger charge is 2.39. The molecule has 1 fully saturated rings. The predicted molar refractivity (Wildman–Crippen MR) is 76.1 cm³/mol. The van der Waals surface area contributed by atoms with Gasteiger partial charge in [-0.3, -0.25) is 4.79 Å². The molecule has 0 aromatic heterocycles. The molecule has 1 amide bonds. The zero-order chi connectivity index (χ0) is 14.4. The maximum atomic E-state index is 12.1. The number of carbonyl (C=O) groups excluding carboxylic acids is 1. The van der Waals surface area contributed by atoms with Crippen LogP contribution in [0.3, 0.4) is 0 Å². The van der Waals surface area contributed by atoms with Gasteiger partial charge in [-0.15, -0.1) is 12.3 Å². The summed E-state index contributed by atoms with van der Waals surface area (Å²) in [5.41, 5.74) is -0.350. The summed E-state index contributed by atoms with van der Waals surface area (Å²) in [7, 11) is 1.87. The monoisotopic (exact) mass is 277 g/mol. The van der Waals surface area contributed by atoms with Crippen molar-refractivity contribution in [2.75, 3.05) is 26.8 Å². The van der Waals surface area contributed by atoms with E-state index in [1.807, 2.05) is 11.9 Å². The molecule has 0 aliphatic carbocycles. The molecule has 1 saturated heterocycles. The van der Waals surface area contributed by atoms with Gasteiger partial charge in [-0.05, 0) is 18.8 Å². The highest BCUT2D eigenvalue weighted by Crippen LogP contribution is 2.37. The molecule has 5 nitrogen and oxygen atoms in total. The summed E-state index contributed by atoms with van der Waals surface area (Å²) in [6.07, 6.45) is 10.1. The lowest BCUT2D eigenvalue weighted by atomic mass is 10.0.